The van der Waals surface area contributed by atoms with Crippen LogP contribution in [0.5, 0.6) is 11.5 Å². The number of pyridine rings is 1. The highest BCUT2D eigenvalue weighted by molar-refractivity contribution is 5.92. The summed E-state index contributed by atoms with van der Waals surface area (Å²) in [6, 6.07) is 9.35. The topological polar surface area (TPSA) is 63.7 Å². The lowest BCUT2D eigenvalue weighted by Crippen LogP contribution is -2.33. The molecule has 6 heteroatoms. The van der Waals surface area contributed by atoms with Crippen molar-refractivity contribution < 1.29 is 14.3 Å². The summed E-state index contributed by atoms with van der Waals surface area (Å²) >= 11 is 0. The van der Waals surface area contributed by atoms with E-state index in [4.69, 9.17) is 9.47 Å². The molecule has 0 unspecified atom stereocenters. The molecule has 2 aromatic rings. The zero-order valence-electron chi connectivity index (χ0n) is 16.2. The Kier molecular flexibility index (Phi) is 6.16. The molecule has 1 aromatic carbocycles. The Balaban J connectivity index is 1.58. The minimum absolute atomic E-state index is 0.191. The van der Waals surface area contributed by atoms with E-state index in [-0.39, 0.29) is 5.91 Å². The Bertz CT molecular complexity index is 769. The molecule has 0 spiro atoms. The van der Waals surface area contributed by atoms with Gasteiger partial charge in [0.2, 0.25) is 0 Å². The van der Waals surface area contributed by atoms with Gasteiger partial charge in [-0.25, -0.2) is 4.98 Å². The number of nitrogens with one attached hydrogen (secondary N) is 1. The third-order valence-corrected chi connectivity index (χ3v) is 5.03. The number of amides is 1. The molecule has 1 aliphatic heterocycles. The molecular formula is C21H27N3O3. The molecule has 1 N–H and O–H groups in total. The van der Waals surface area contributed by atoms with Crippen LogP contribution in [0.25, 0.3) is 0 Å². The van der Waals surface area contributed by atoms with Crippen molar-refractivity contribution in [2.24, 2.45) is 5.92 Å². The third-order valence-electron chi connectivity index (χ3n) is 5.03. The molecule has 2 heterocycles. The van der Waals surface area contributed by atoms with Gasteiger partial charge in [0.25, 0.3) is 5.91 Å². The molecule has 0 aliphatic carbocycles. The lowest BCUT2D eigenvalue weighted by molar-refractivity contribution is 0.0946. The number of carbonyl (C=O) groups is 1. The number of rotatable bonds is 6. The zero-order chi connectivity index (χ0) is 19.2. The molecule has 0 radical (unpaired) electrons. The Morgan fingerprint density at radius 3 is 2.52 bits per heavy atom. The van der Waals surface area contributed by atoms with Crippen LogP contribution in [0.1, 0.15) is 35.8 Å². The van der Waals surface area contributed by atoms with Crippen molar-refractivity contribution in [3.63, 3.8) is 0 Å². The maximum atomic E-state index is 12.4. The number of carbonyl (C=O) groups excluding carboxylic acids is 1. The van der Waals surface area contributed by atoms with Crippen molar-refractivity contribution in [1.82, 2.24) is 10.3 Å². The van der Waals surface area contributed by atoms with Gasteiger partial charge in [0.1, 0.15) is 5.69 Å². The van der Waals surface area contributed by atoms with Crippen LogP contribution in [-0.4, -0.2) is 38.2 Å². The van der Waals surface area contributed by atoms with Gasteiger partial charge in [-0.1, -0.05) is 13.0 Å². The number of hydrogen-bond donors (Lipinski definition) is 1. The van der Waals surface area contributed by atoms with Gasteiger partial charge in [-0.15, -0.1) is 0 Å². The Hall–Kier alpha value is -2.76. The summed E-state index contributed by atoms with van der Waals surface area (Å²) in [5, 5.41) is 2.90. The Morgan fingerprint density at radius 1 is 1.15 bits per heavy atom. The molecule has 1 saturated heterocycles. The van der Waals surface area contributed by atoms with Crippen LogP contribution in [0.2, 0.25) is 0 Å². The average molecular weight is 369 g/mol. The number of anilines is 1. The van der Waals surface area contributed by atoms with Crippen LogP contribution < -0.4 is 19.7 Å². The van der Waals surface area contributed by atoms with Crippen molar-refractivity contribution in [3.05, 3.63) is 47.8 Å². The summed E-state index contributed by atoms with van der Waals surface area (Å²) < 4.78 is 10.5. The van der Waals surface area contributed by atoms with E-state index >= 15 is 0 Å². The number of methoxy groups -OCH3 is 2. The van der Waals surface area contributed by atoms with Gasteiger partial charge in [-0.05, 0) is 48.6 Å². The average Bonchev–Trinajstić information content (AvgIpc) is 2.72. The lowest BCUT2D eigenvalue weighted by Gasteiger charge is -2.31. The molecule has 1 fully saturated rings. The summed E-state index contributed by atoms with van der Waals surface area (Å²) in [6.45, 7) is 4.79. The van der Waals surface area contributed by atoms with E-state index < -0.39 is 0 Å². The highest BCUT2D eigenvalue weighted by atomic mass is 16.5. The second-order valence-corrected chi connectivity index (χ2v) is 6.94. The summed E-state index contributed by atoms with van der Waals surface area (Å²) in [7, 11) is 3.19. The van der Waals surface area contributed by atoms with E-state index in [1.165, 1.54) is 12.8 Å². The standard InChI is InChI=1S/C21H27N3O3/c1-15-8-10-24(11-9-15)17-5-6-18(22-14-17)21(25)23-13-16-4-7-19(26-2)20(12-16)27-3/h4-7,12,14-15H,8-11,13H2,1-3H3,(H,23,25). The molecule has 6 nitrogen and oxygen atoms in total. The number of ether oxygens (including phenoxy) is 2. The van der Waals surface area contributed by atoms with E-state index in [0.29, 0.717) is 23.7 Å². The van der Waals surface area contributed by atoms with Crippen LogP contribution >= 0.6 is 0 Å². The molecule has 3 rings (SSSR count). The van der Waals surface area contributed by atoms with E-state index in [0.717, 1.165) is 30.3 Å². The number of aromatic nitrogens is 1. The van der Waals surface area contributed by atoms with Crippen LogP contribution in [-0.2, 0) is 6.54 Å². The van der Waals surface area contributed by atoms with Crippen molar-refractivity contribution in [3.8, 4) is 11.5 Å². The zero-order valence-corrected chi connectivity index (χ0v) is 16.2. The highest BCUT2D eigenvalue weighted by Crippen LogP contribution is 2.27. The molecule has 0 atom stereocenters. The van der Waals surface area contributed by atoms with Crippen LogP contribution in [0, 0.1) is 5.92 Å². The van der Waals surface area contributed by atoms with E-state index in [9.17, 15) is 4.79 Å². The fourth-order valence-electron chi connectivity index (χ4n) is 3.24. The molecule has 0 saturated carbocycles. The van der Waals surface area contributed by atoms with Crippen molar-refractivity contribution in [2.75, 3.05) is 32.2 Å². The summed E-state index contributed by atoms with van der Waals surface area (Å²) in [5.41, 5.74) is 2.43. The van der Waals surface area contributed by atoms with Gasteiger partial charge in [0, 0.05) is 19.6 Å². The quantitative estimate of drug-likeness (QED) is 0.847. The van der Waals surface area contributed by atoms with Gasteiger partial charge < -0.3 is 19.7 Å². The van der Waals surface area contributed by atoms with Gasteiger partial charge >= 0.3 is 0 Å². The molecular weight excluding hydrogens is 342 g/mol. The molecule has 1 amide bonds. The van der Waals surface area contributed by atoms with Crippen LogP contribution in [0.3, 0.4) is 0 Å². The molecule has 144 valence electrons. The van der Waals surface area contributed by atoms with E-state index in [1.807, 2.05) is 24.3 Å². The molecule has 0 bridgehead atoms. The maximum absolute atomic E-state index is 12.4. The first-order chi connectivity index (χ1) is 13.1. The molecule has 27 heavy (non-hydrogen) atoms. The minimum atomic E-state index is -0.191. The number of nitrogens with zero attached hydrogens (tertiary/aromatic N) is 2. The first-order valence-corrected chi connectivity index (χ1v) is 9.31. The smallest absolute Gasteiger partial charge is 0.270 e. The van der Waals surface area contributed by atoms with Crippen LogP contribution in [0.4, 0.5) is 5.69 Å². The highest BCUT2D eigenvalue weighted by Gasteiger charge is 2.17. The van der Waals surface area contributed by atoms with Gasteiger partial charge in [-0.2, -0.15) is 0 Å². The largest absolute Gasteiger partial charge is 0.493 e. The van der Waals surface area contributed by atoms with E-state index in [1.54, 1.807) is 26.5 Å². The lowest BCUT2D eigenvalue weighted by atomic mass is 9.99. The maximum Gasteiger partial charge on any atom is 0.270 e. The predicted molar refractivity (Wildman–Crippen MR) is 106 cm³/mol. The fraction of sp³-hybridized carbons (Fsp3) is 0.429. The molecule has 1 aromatic heterocycles. The monoisotopic (exact) mass is 369 g/mol. The first kappa shape index (κ1) is 19.0. The summed E-state index contributed by atoms with van der Waals surface area (Å²) in [6.07, 6.45) is 4.20. The normalized spacial score (nSPS) is 14.7. The Labute approximate surface area is 160 Å². The summed E-state index contributed by atoms with van der Waals surface area (Å²) in [4.78, 5) is 19.1. The second kappa shape index (κ2) is 8.75. The first-order valence-electron chi connectivity index (χ1n) is 9.31. The van der Waals surface area contributed by atoms with Crippen molar-refractivity contribution in [1.29, 1.82) is 0 Å². The van der Waals surface area contributed by atoms with Crippen molar-refractivity contribution >= 4 is 11.6 Å². The SMILES string of the molecule is COc1ccc(CNC(=O)c2ccc(N3CCC(C)CC3)cn2)cc1OC. The molecule has 1 aliphatic rings. The predicted octanol–water partition coefficient (Wildman–Crippen LogP) is 3.27. The van der Waals surface area contributed by atoms with Crippen LogP contribution in [0.15, 0.2) is 36.5 Å². The Morgan fingerprint density at radius 2 is 1.89 bits per heavy atom. The third kappa shape index (κ3) is 4.70. The second-order valence-electron chi connectivity index (χ2n) is 6.94. The van der Waals surface area contributed by atoms with Gasteiger partial charge in [0.05, 0.1) is 26.1 Å². The minimum Gasteiger partial charge on any atom is -0.493 e. The van der Waals surface area contributed by atoms with Gasteiger partial charge in [0.15, 0.2) is 11.5 Å². The summed E-state index contributed by atoms with van der Waals surface area (Å²) in [5.74, 6) is 1.90. The fourth-order valence-corrected chi connectivity index (χ4v) is 3.24. The van der Waals surface area contributed by atoms with E-state index in [2.05, 4.69) is 22.1 Å². The number of hydrogen-bond acceptors (Lipinski definition) is 5. The van der Waals surface area contributed by atoms with Gasteiger partial charge in [-0.3, -0.25) is 4.79 Å². The van der Waals surface area contributed by atoms with Crippen molar-refractivity contribution in [2.45, 2.75) is 26.3 Å². The number of benzene rings is 1. The number of piperidine rings is 1.